The topological polar surface area (TPSA) is 109 Å². The summed E-state index contributed by atoms with van der Waals surface area (Å²) in [5.41, 5.74) is -0.502. The van der Waals surface area contributed by atoms with Gasteiger partial charge in [-0.25, -0.2) is 0 Å². The summed E-state index contributed by atoms with van der Waals surface area (Å²) in [6.07, 6.45) is -0.789. The highest BCUT2D eigenvalue weighted by molar-refractivity contribution is 5.97. The average molecular weight is 400 g/mol. The molecule has 1 saturated heterocycles. The predicted octanol–water partition coefficient (Wildman–Crippen LogP) is 1.62. The van der Waals surface area contributed by atoms with Gasteiger partial charge < -0.3 is 24.6 Å². The summed E-state index contributed by atoms with van der Waals surface area (Å²) in [5, 5.41) is 20.6. The molecule has 1 aliphatic rings. The van der Waals surface area contributed by atoms with Crippen LogP contribution in [0.1, 0.15) is 22.3 Å². The van der Waals surface area contributed by atoms with Gasteiger partial charge in [0.1, 0.15) is 11.0 Å². The van der Waals surface area contributed by atoms with Gasteiger partial charge >= 0.3 is 5.97 Å². The van der Waals surface area contributed by atoms with Crippen LogP contribution in [0.2, 0.25) is 0 Å². The predicted molar refractivity (Wildman–Crippen MR) is 104 cm³/mol. The highest BCUT2D eigenvalue weighted by atomic mass is 16.5. The summed E-state index contributed by atoms with van der Waals surface area (Å²) in [4.78, 5) is 31.0. The van der Waals surface area contributed by atoms with Gasteiger partial charge in [-0.1, -0.05) is 30.3 Å². The molecule has 0 spiro atoms. The number of amides is 1. The number of carboxylic acids is 1. The SMILES string of the molecule is COc1ccc(C(=O)N2CC[C@H](O)[C@](Cc3ccccc3)(C(=O)O)C2)c(OC)n1. The molecule has 0 unspecified atom stereocenters. The van der Waals surface area contributed by atoms with Crippen LogP contribution >= 0.6 is 0 Å². The molecule has 1 fully saturated rings. The van der Waals surface area contributed by atoms with Gasteiger partial charge in [-0.3, -0.25) is 9.59 Å². The summed E-state index contributed by atoms with van der Waals surface area (Å²) < 4.78 is 10.3. The molecular weight excluding hydrogens is 376 g/mol. The summed E-state index contributed by atoms with van der Waals surface area (Å²) >= 11 is 0. The zero-order valence-corrected chi connectivity index (χ0v) is 16.4. The van der Waals surface area contributed by atoms with E-state index < -0.39 is 23.4 Å². The van der Waals surface area contributed by atoms with Crippen molar-refractivity contribution in [2.45, 2.75) is 18.9 Å². The van der Waals surface area contributed by atoms with E-state index in [1.807, 2.05) is 30.3 Å². The lowest BCUT2D eigenvalue weighted by atomic mass is 9.72. The summed E-state index contributed by atoms with van der Waals surface area (Å²) in [7, 11) is 2.86. The maximum Gasteiger partial charge on any atom is 0.314 e. The smallest absolute Gasteiger partial charge is 0.314 e. The number of nitrogens with zero attached hydrogens (tertiary/aromatic N) is 2. The maximum atomic E-state index is 13.1. The molecule has 3 rings (SSSR count). The molecule has 0 saturated carbocycles. The lowest BCUT2D eigenvalue weighted by molar-refractivity contribution is -0.161. The van der Waals surface area contributed by atoms with Gasteiger partial charge in [-0.05, 0) is 24.5 Å². The molecule has 8 nitrogen and oxygen atoms in total. The van der Waals surface area contributed by atoms with E-state index in [1.54, 1.807) is 6.07 Å². The third-order valence-electron chi connectivity index (χ3n) is 5.33. The van der Waals surface area contributed by atoms with Crippen LogP contribution in [0.4, 0.5) is 0 Å². The molecule has 2 N–H and O–H groups in total. The highest BCUT2D eigenvalue weighted by Gasteiger charge is 2.50. The minimum atomic E-state index is -1.50. The van der Waals surface area contributed by atoms with Crippen molar-refractivity contribution in [3.63, 3.8) is 0 Å². The number of carboxylic acid groups (broad SMARTS) is 1. The molecule has 2 atom stereocenters. The molecule has 0 aliphatic carbocycles. The normalized spacial score (nSPS) is 21.5. The van der Waals surface area contributed by atoms with Gasteiger partial charge in [0.25, 0.3) is 5.91 Å². The number of pyridine rings is 1. The molecule has 29 heavy (non-hydrogen) atoms. The largest absolute Gasteiger partial charge is 0.481 e. The first-order valence-corrected chi connectivity index (χ1v) is 9.25. The quantitative estimate of drug-likeness (QED) is 0.758. The van der Waals surface area contributed by atoms with E-state index in [9.17, 15) is 19.8 Å². The lowest BCUT2D eigenvalue weighted by Crippen LogP contribution is -2.58. The first-order chi connectivity index (χ1) is 13.9. The van der Waals surface area contributed by atoms with Gasteiger partial charge in [0.05, 0.1) is 20.3 Å². The van der Waals surface area contributed by atoms with Crippen LogP contribution in [-0.2, 0) is 11.2 Å². The first kappa shape index (κ1) is 20.6. The maximum absolute atomic E-state index is 13.1. The van der Waals surface area contributed by atoms with Crippen LogP contribution in [0.25, 0.3) is 0 Å². The van der Waals surface area contributed by atoms with E-state index in [0.29, 0.717) is 5.88 Å². The minimum absolute atomic E-state index is 0.101. The number of methoxy groups -OCH3 is 2. The van der Waals surface area contributed by atoms with Gasteiger partial charge in [0.15, 0.2) is 0 Å². The Morgan fingerprint density at radius 3 is 2.52 bits per heavy atom. The molecule has 1 aromatic carbocycles. The Bertz CT molecular complexity index is 888. The molecule has 0 radical (unpaired) electrons. The number of likely N-dealkylation sites (tertiary alicyclic amines) is 1. The number of carbonyl (C=O) groups excluding carboxylic acids is 1. The third kappa shape index (κ3) is 4.02. The number of piperidine rings is 1. The zero-order chi connectivity index (χ0) is 21.0. The molecule has 2 heterocycles. The van der Waals surface area contributed by atoms with Gasteiger partial charge in [0, 0.05) is 19.2 Å². The molecule has 8 heteroatoms. The van der Waals surface area contributed by atoms with Crippen LogP contribution in [0.3, 0.4) is 0 Å². The minimum Gasteiger partial charge on any atom is -0.481 e. The van der Waals surface area contributed by atoms with E-state index >= 15 is 0 Å². The molecule has 1 amide bonds. The number of benzene rings is 1. The Morgan fingerprint density at radius 2 is 1.90 bits per heavy atom. The van der Waals surface area contributed by atoms with Crippen molar-refractivity contribution in [1.29, 1.82) is 0 Å². The Labute approximate surface area is 168 Å². The Hall–Kier alpha value is -3.13. The van der Waals surface area contributed by atoms with Gasteiger partial charge in [-0.15, -0.1) is 0 Å². The summed E-state index contributed by atoms with van der Waals surface area (Å²) in [6, 6.07) is 12.2. The van der Waals surface area contributed by atoms with E-state index in [0.717, 1.165) is 5.56 Å². The number of rotatable bonds is 6. The molecular formula is C21H24N2O6. The number of aliphatic hydroxyl groups is 1. The molecule has 1 aromatic heterocycles. The second-order valence-electron chi connectivity index (χ2n) is 7.07. The second kappa shape index (κ2) is 8.48. The number of hydrogen-bond donors (Lipinski definition) is 2. The summed E-state index contributed by atoms with van der Waals surface area (Å²) in [5.74, 6) is -1.13. The van der Waals surface area contributed by atoms with Crippen molar-refractivity contribution in [3.05, 3.63) is 53.6 Å². The van der Waals surface area contributed by atoms with Crippen molar-refractivity contribution >= 4 is 11.9 Å². The van der Waals surface area contributed by atoms with E-state index in [2.05, 4.69) is 4.98 Å². The highest BCUT2D eigenvalue weighted by Crippen LogP contribution is 2.36. The van der Waals surface area contributed by atoms with Crippen LogP contribution in [0.15, 0.2) is 42.5 Å². The third-order valence-corrected chi connectivity index (χ3v) is 5.33. The Morgan fingerprint density at radius 1 is 1.17 bits per heavy atom. The standard InChI is InChI=1S/C21H24N2O6/c1-28-17-9-8-15(18(22-17)29-2)19(25)23-11-10-16(24)21(13-23,20(26)27)12-14-6-4-3-5-7-14/h3-9,16,24H,10-13H2,1-2H3,(H,26,27)/t16-,21+/m0/s1. The van der Waals surface area contributed by atoms with Crippen LogP contribution in [0, 0.1) is 5.41 Å². The number of ether oxygens (including phenoxy) is 2. The molecule has 0 bridgehead atoms. The van der Waals surface area contributed by atoms with Gasteiger partial charge in [-0.2, -0.15) is 4.98 Å². The zero-order valence-electron chi connectivity index (χ0n) is 16.4. The van der Waals surface area contributed by atoms with Crippen molar-refractivity contribution < 1.29 is 29.3 Å². The molecule has 1 aliphatic heterocycles. The van der Waals surface area contributed by atoms with Crippen LogP contribution in [0.5, 0.6) is 11.8 Å². The Kier molecular flexibility index (Phi) is 6.03. The number of aromatic nitrogens is 1. The van der Waals surface area contributed by atoms with Gasteiger partial charge in [0.2, 0.25) is 11.8 Å². The molecule has 154 valence electrons. The van der Waals surface area contributed by atoms with Crippen molar-refractivity contribution in [2.24, 2.45) is 5.41 Å². The molecule has 2 aromatic rings. The average Bonchev–Trinajstić information content (AvgIpc) is 2.74. The summed E-state index contributed by atoms with van der Waals surface area (Å²) in [6.45, 7) is 0.116. The Balaban J connectivity index is 1.91. The second-order valence-corrected chi connectivity index (χ2v) is 7.07. The van der Waals surface area contributed by atoms with Crippen molar-refractivity contribution in [1.82, 2.24) is 9.88 Å². The van der Waals surface area contributed by atoms with E-state index in [1.165, 1.54) is 25.2 Å². The number of aliphatic hydroxyl groups excluding tert-OH is 1. The fourth-order valence-electron chi connectivity index (χ4n) is 3.70. The van der Waals surface area contributed by atoms with E-state index in [-0.39, 0.29) is 37.4 Å². The van der Waals surface area contributed by atoms with Crippen molar-refractivity contribution in [3.8, 4) is 11.8 Å². The van der Waals surface area contributed by atoms with Crippen molar-refractivity contribution in [2.75, 3.05) is 27.3 Å². The fraction of sp³-hybridized carbons (Fsp3) is 0.381. The first-order valence-electron chi connectivity index (χ1n) is 9.25. The number of aliphatic carboxylic acids is 1. The van der Waals surface area contributed by atoms with Crippen LogP contribution in [-0.4, -0.2) is 65.4 Å². The monoisotopic (exact) mass is 400 g/mol. The number of carbonyl (C=O) groups is 2. The fourth-order valence-corrected chi connectivity index (χ4v) is 3.70. The lowest BCUT2D eigenvalue weighted by Gasteiger charge is -2.43. The van der Waals surface area contributed by atoms with E-state index in [4.69, 9.17) is 9.47 Å². The number of hydrogen-bond acceptors (Lipinski definition) is 6. The van der Waals surface area contributed by atoms with Crippen LogP contribution < -0.4 is 9.47 Å².